The van der Waals surface area contributed by atoms with E-state index in [1.54, 1.807) is 37.4 Å². The van der Waals surface area contributed by atoms with Gasteiger partial charge in [-0.25, -0.2) is 0 Å². The van der Waals surface area contributed by atoms with Gasteiger partial charge in [0.1, 0.15) is 0 Å². The van der Waals surface area contributed by atoms with Crippen molar-refractivity contribution in [1.29, 1.82) is 0 Å². The van der Waals surface area contributed by atoms with E-state index in [0.717, 1.165) is 5.56 Å². The van der Waals surface area contributed by atoms with Crippen LogP contribution in [0.3, 0.4) is 0 Å². The topological polar surface area (TPSA) is 67.9 Å². The number of nitrogens with zero attached hydrogens (tertiary/aromatic N) is 1. The molecule has 6 nitrogen and oxygen atoms in total. The number of aryl methyl sites for hydroxylation is 1. The number of halogens is 1. The molecule has 0 unspecified atom stereocenters. The first-order valence-corrected chi connectivity index (χ1v) is 8.33. The highest BCUT2D eigenvalue weighted by Gasteiger charge is 2.15. The van der Waals surface area contributed by atoms with Crippen LogP contribution in [0.25, 0.3) is 0 Å². The lowest BCUT2D eigenvalue weighted by Gasteiger charge is -2.18. The van der Waals surface area contributed by atoms with E-state index in [9.17, 15) is 9.59 Å². The van der Waals surface area contributed by atoms with Gasteiger partial charge in [-0.1, -0.05) is 17.7 Å². The van der Waals surface area contributed by atoms with Gasteiger partial charge in [0, 0.05) is 17.8 Å². The van der Waals surface area contributed by atoms with Gasteiger partial charge < -0.3 is 19.7 Å². The summed E-state index contributed by atoms with van der Waals surface area (Å²) < 4.78 is 10.8. The molecule has 2 amide bonds. The van der Waals surface area contributed by atoms with Gasteiger partial charge in [-0.2, -0.15) is 0 Å². The molecule has 0 aliphatic rings. The SMILES string of the molecule is COc1cc(C)ccc1OCC(=O)N(C)CC(=O)Nc1ccc(Cl)cc1. The first-order chi connectivity index (χ1) is 12.4. The highest BCUT2D eigenvalue weighted by molar-refractivity contribution is 6.30. The third kappa shape index (κ3) is 5.67. The molecule has 0 fully saturated rings. The Hall–Kier alpha value is -2.73. The molecule has 138 valence electrons. The van der Waals surface area contributed by atoms with Crippen molar-refractivity contribution in [3.8, 4) is 11.5 Å². The number of rotatable bonds is 7. The van der Waals surface area contributed by atoms with E-state index in [4.69, 9.17) is 21.1 Å². The van der Waals surface area contributed by atoms with Crippen molar-refractivity contribution in [1.82, 2.24) is 4.90 Å². The Labute approximate surface area is 157 Å². The number of nitrogens with one attached hydrogen (secondary N) is 1. The Morgan fingerprint density at radius 2 is 1.81 bits per heavy atom. The number of carbonyl (C=O) groups is 2. The van der Waals surface area contributed by atoms with Crippen molar-refractivity contribution < 1.29 is 19.1 Å². The summed E-state index contributed by atoms with van der Waals surface area (Å²) in [5.41, 5.74) is 1.64. The predicted molar refractivity (Wildman–Crippen MR) is 101 cm³/mol. The standard InChI is InChI=1S/C19H21ClN2O4/c1-13-4-9-16(17(10-13)25-3)26-12-19(24)22(2)11-18(23)21-15-7-5-14(20)6-8-15/h4-10H,11-12H2,1-3H3,(H,21,23). The van der Waals surface area contributed by atoms with E-state index in [0.29, 0.717) is 22.2 Å². The maximum atomic E-state index is 12.2. The highest BCUT2D eigenvalue weighted by atomic mass is 35.5. The lowest BCUT2D eigenvalue weighted by atomic mass is 10.2. The minimum atomic E-state index is -0.320. The van der Waals surface area contributed by atoms with Crippen molar-refractivity contribution >= 4 is 29.1 Å². The molecular weight excluding hydrogens is 356 g/mol. The number of ether oxygens (including phenoxy) is 2. The van der Waals surface area contributed by atoms with Gasteiger partial charge in [-0.15, -0.1) is 0 Å². The highest BCUT2D eigenvalue weighted by Crippen LogP contribution is 2.27. The number of hydrogen-bond acceptors (Lipinski definition) is 4. The van der Waals surface area contributed by atoms with E-state index in [1.165, 1.54) is 12.0 Å². The van der Waals surface area contributed by atoms with Gasteiger partial charge in [0.05, 0.1) is 13.7 Å². The van der Waals surface area contributed by atoms with Crippen LogP contribution in [-0.2, 0) is 9.59 Å². The average molecular weight is 377 g/mol. The lowest BCUT2D eigenvalue weighted by Crippen LogP contribution is -2.37. The molecule has 0 bridgehead atoms. The van der Waals surface area contributed by atoms with E-state index in [2.05, 4.69) is 5.32 Å². The summed E-state index contributed by atoms with van der Waals surface area (Å²) in [6, 6.07) is 12.2. The number of amides is 2. The van der Waals surface area contributed by atoms with E-state index in [1.807, 2.05) is 19.1 Å². The van der Waals surface area contributed by atoms with E-state index >= 15 is 0 Å². The molecule has 2 rings (SSSR count). The number of methoxy groups -OCH3 is 1. The predicted octanol–water partition coefficient (Wildman–Crippen LogP) is 3.13. The van der Waals surface area contributed by atoms with E-state index < -0.39 is 0 Å². The van der Waals surface area contributed by atoms with Crippen LogP contribution in [0.15, 0.2) is 42.5 Å². The first-order valence-electron chi connectivity index (χ1n) is 7.96. The molecule has 0 aliphatic heterocycles. The smallest absolute Gasteiger partial charge is 0.260 e. The lowest BCUT2D eigenvalue weighted by molar-refractivity contribution is -0.135. The Morgan fingerprint density at radius 1 is 1.12 bits per heavy atom. The Bertz CT molecular complexity index is 778. The molecule has 26 heavy (non-hydrogen) atoms. The molecule has 0 heterocycles. The van der Waals surface area contributed by atoms with Crippen molar-refractivity contribution in [2.45, 2.75) is 6.92 Å². The fourth-order valence-corrected chi connectivity index (χ4v) is 2.31. The van der Waals surface area contributed by atoms with Gasteiger partial charge in [-0.3, -0.25) is 9.59 Å². The Morgan fingerprint density at radius 3 is 2.46 bits per heavy atom. The molecular formula is C19H21ClN2O4. The Balaban J connectivity index is 1.85. The zero-order chi connectivity index (χ0) is 19.1. The molecule has 7 heteroatoms. The minimum absolute atomic E-state index is 0.0874. The zero-order valence-corrected chi connectivity index (χ0v) is 15.7. The van der Waals surface area contributed by atoms with Gasteiger partial charge in [-0.05, 0) is 48.9 Å². The zero-order valence-electron chi connectivity index (χ0n) is 14.9. The van der Waals surface area contributed by atoms with Crippen molar-refractivity contribution in [2.75, 3.05) is 32.6 Å². The van der Waals surface area contributed by atoms with Crippen LogP contribution in [0, 0.1) is 6.92 Å². The number of hydrogen-bond donors (Lipinski definition) is 1. The monoisotopic (exact) mass is 376 g/mol. The molecule has 0 saturated heterocycles. The van der Waals surface area contributed by atoms with Gasteiger partial charge in [0.25, 0.3) is 5.91 Å². The molecule has 0 spiro atoms. The third-order valence-electron chi connectivity index (χ3n) is 3.60. The second-order valence-corrected chi connectivity index (χ2v) is 6.18. The van der Waals surface area contributed by atoms with Crippen LogP contribution in [0.2, 0.25) is 5.02 Å². The maximum Gasteiger partial charge on any atom is 0.260 e. The van der Waals surface area contributed by atoms with Crippen LogP contribution in [0.5, 0.6) is 11.5 Å². The molecule has 0 saturated carbocycles. The van der Waals surface area contributed by atoms with Crippen LogP contribution in [0.1, 0.15) is 5.56 Å². The third-order valence-corrected chi connectivity index (χ3v) is 3.86. The van der Waals surface area contributed by atoms with Crippen LogP contribution < -0.4 is 14.8 Å². The summed E-state index contributed by atoms with van der Waals surface area (Å²) in [4.78, 5) is 25.5. The molecule has 0 radical (unpaired) electrons. The summed E-state index contributed by atoms with van der Waals surface area (Å²) in [7, 11) is 3.08. The number of benzene rings is 2. The Kier molecular flexibility index (Phi) is 6.86. The van der Waals surface area contributed by atoms with Crippen molar-refractivity contribution in [2.24, 2.45) is 0 Å². The van der Waals surface area contributed by atoms with Crippen molar-refractivity contribution in [3.63, 3.8) is 0 Å². The molecule has 2 aromatic rings. The second kappa shape index (κ2) is 9.10. The summed E-state index contributed by atoms with van der Waals surface area (Å²) in [5.74, 6) is 0.404. The average Bonchev–Trinajstić information content (AvgIpc) is 2.62. The summed E-state index contributed by atoms with van der Waals surface area (Å²) >= 11 is 5.80. The van der Waals surface area contributed by atoms with Gasteiger partial charge in [0.15, 0.2) is 18.1 Å². The number of anilines is 1. The van der Waals surface area contributed by atoms with Crippen LogP contribution >= 0.6 is 11.6 Å². The largest absolute Gasteiger partial charge is 0.493 e. The fraction of sp³-hybridized carbons (Fsp3) is 0.263. The summed E-state index contributed by atoms with van der Waals surface area (Å²) in [6.45, 7) is 1.66. The van der Waals surface area contributed by atoms with Gasteiger partial charge in [0.2, 0.25) is 5.91 Å². The maximum absolute atomic E-state index is 12.2. The molecule has 1 N–H and O–H groups in total. The molecule has 0 aromatic heterocycles. The fourth-order valence-electron chi connectivity index (χ4n) is 2.18. The van der Waals surface area contributed by atoms with Gasteiger partial charge >= 0.3 is 0 Å². The first kappa shape index (κ1) is 19.6. The number of carbonyl (C=O) groups excluding carboxylic acids is 2. The second-order valence-electron chi connectivity index (χ2n) is 5.75. The minimum Gasteiger partial charge on any atom is -0.493 e. The molecule has 0 aliphatic carbocycles. The number of likely N-dealkylation sites (N-methyl/N-ethyl adjacent to an activating group) is 1. The van der Waals surface area contributed by atoms with Crippen molar-refractivity contribution in [3.05, 3.63) is 53.1 Å². The quantitative estimate of drug-likeness (QED) is 0.806. The summed E-state index contributed by atoms with van der Waals surface area (Å²) in [6.07, 6.45) is 0. The van der Waals surface area contributed by atoms with E-state index in [-0.39, 0.29) is 25.0 Å². The molecule has 0 atom stereocenters. The normalized spacial score (nSPS) is 10.2. The van der Waals surface area contributed by atoms with Crippen LogP contribution in [0.4, 0.5) is 5.69 Å². The molecule has 2 aromatic carbocycles. The van der Waals surface area contributed by atoms with Crippen LogP contribution in [-0.4, -0.2) is 44.0 Å². The summed E-state index contributed by atoms with van der Waals surface area (Å²) in [5, 5.41) is 3.28.